The molecule has 1 saturated carbocycles. The lowest BCUT2D eigenvalue weighted by atomic mass is 10.1. The molecule has 1 aliphatic carbocycles. The normalized spacial score (nSPS) is 15.2. The van der Waals surface area contributed by atoms with Gasteiger partial charge in [0.1, 0.15) is 11.2 Å². The summed E-state index contributed by atoms with van der Waals surface area (Å²) >= 11 is 0. The first-order chi connectivity index (χ1) is 11.2. The number of hydrogen-bond acceptors (Lipinski definition) is 7. The molecule has 1 aliphatic rings. The molecule has 0 atom stereocenters. The smallest absolute Gasteiger partial charge is 0.465 e. The van der Waals surface area contributed by atoms with Crippen molar-refractivity contribution < 1.29 is 38.8 Å². The van der Waals surface area contributed by atoms with Crippen LogP contribution in [0.5, 0.6) is 0 Å². The molecule has 1 amide bonds. The van der Waals surface area contributed by atoms with Crippen molar-refractivity contribution >= 4 is 18.4 Å². The van der Waals surface area contributed by atoms with Crippen molar-refractivity contribution in [2.45, 2.75) is 65.6 Å². The van der Waals surface area contributed by atoms with E-state index in [1.807, 2.05) is 0 Å². The van der Waals surface area contributed by atoms with Gasteiger partial charge in [-0.1, -0.05) is 0 Å². The van der Waals surface area contributed by atoms with Crippen molar-refractivity contribution in [1.82, 2.24) is 5.32 Å². The van der Waals surface area contributed by atoms with Crippen LogP contribution in [0.2, 0.25) is 0 Å². The fourth-order valence-electron chi connectivity index (χ4n) is 1.44. The maximum atomic E-state index is 11.0. The molecular weight excluding hydrogens is 334 g/mol. The van der Waals surface area contributed by atoms with Gasteiger partial charge in [-0.3, -0.25) is 0 Å². The molecule has 0 bridgehead atoms. The van der Waals surface area contributed by atoms with Crippen molar-refractivity contribution in [1.29, 1.82) is 0 Å². The third kappa shape index (κ3) is 13.0. The number of carbonyl (C=O) groups is 3. The fraction of sp³-hybridized carbons (Fsp3) is 0.812. The number of aliphatic hydroxyl groups excluding tert-OH is 1. The number of carboxylic acid groups (broad SMARTS) is 1. The molecule has 9 heteroatoms. The second kappa shape index (κ2) is 8.89. The van der Waals surface area contributed by atoms with Gasteiger partial charge in [-0.25, -0.2) is 14.4 Å². The molecule has 3 N–H and O–H groups in total. The Morgan fingerprint density at radius 1 is 0.960 bits per heavy atom. The van der Waals surface area contributed by atoms with Crippen molar-refractivity contribution in [3.63, 3.8) is 0 Å². The second-order valence-electron chi connectivity index (χ2n) is 7.85. The van der Waals surface area contributed by atoms with E-state index in [4.69, 9.17) is 19.7 Å². The largest absolute Gasteiger partial charge is 0.519 e. The van der Waals surface area contributed by atoms with E-state index in [-0.39, 0.29) is 12.0 Å². The van der Waals surface area contributed by atoms with Crippen LogP contribution in [-0.4, -0.2) is 53.0 Å². The highest BCUT2D eigenvalue weighted by Gasteiger charge is 2.42. The monoisotopic (exact) mass is 363 g/mol. The molecule has 0 aromatic rings. The molecule has 0 unspecified atom stereocenters. The summed E-state index contributed by atoms with van der Waals surface area (Å²) in [6.45, 7) is 10.5. The summed E-state index contributed by atoms with van der Waals surface area (Å²) in [4.78, 5) is 32.0. The summed E-state index contributed by atoms with van der Waals surface area (Å²) in [7, 11) is 0. The zero-order valence-electron chi connectivity index (χ0n) is 15.7. The molecule has 1 rings (SSSR count). The molecule has 0 aromatic carbocycles. The third-order valence-electron chi connectivity index (χ3n) is 2.85. The lowest BCUT2D eigenvalue weighted by molar-refractivity contribution is -0.0293. The number of hydrogen-bond donors (Lipinski definition) is 3. The van der Waals surface area contributed by atoms with E-state index in [2.05, 4.69) is 10.1 Å². The van der Waals surface area contributed by atoms with Crippen LogP contribution < -0.4 is 5.32 Å². The minimum atomic E-state index is -1.06. The highest BCUT2D eigenvalue weighted by Crippen LogP contribution is 2.44. The lowest BCUT2D eigenvalue weighted by Gasteiger charge is -2.20. The van der Waals surface area contributed by atoms with E-state index >= 15 is 0 Å². The Bertz CT molecular complexity index is 446. The topological polar surface area (TPSA) is 131 Å². The van der Waals surface area contributed by atoms with Gasteiger partial charge >= 0.3 is 18.4 Å². The van der Waals surface area contributed by atoms with Crippen LogP contribution in [-0.2, 0) is 14.2 Å². The molecule has 0 radical (unpaired) electrons. The number of ether oxygens (including phenoxy) is 3. The molecule has 25 heavy (non-hydrogen) atoms. The van der Waals surface area contributed by atoms with Gasteiger partial charge in [0.25, 0.3) is 0 Å². The molecule has 1 fully saturated rings. The number of carbonyl (C=O) groups excluding carboxylic acids is 2. The van der Waals surface area contributed by atoms with E-state index in [1.54, 1.807) is 41.5 Å². The van der Waals surface area contributed by atoms with Crippen molar-refractivity contribution in [3.8, 4) is 0 Å². The van der Waals surface area contributed by atoms with Crippen LogP contribution in [0.1, 0.15) is 54.4 Å². The van der Waals surface area contributed by atoms with Gasteiger partial charge in [-0.05, 0) is 54.4 Å². The van der Waals surface area contributed by atoms with Crippen molar-refractivity contribution in [2.75, 3.05) is 13.2 Å². The quantitative estimate of drug-likeness (QED) is 0.515. The number of aliphatic hydroxyl groups is 1. The standard InChI is InChI=1S/C10H18O5.C6H11NO3/c1-9(2,3)14-7(11)13-8(12)15-10(4,5)6;8-4-6(1-2-6)3-7-5(9)10/h1-6H3;7-8H,1-4H2,(H,9,10). The Balaban J connectivity index is 0.000000496. The molecule has 0 saturated heterocycles. The summed E-state index contributed by atoms with van der Waals surface area (Å²) < 4.78 is 13.8. The molecule has 9 nitrogen and oxygen atoms in total. The van der Waals surface area contributed by atoms with Gasteiger partial charge in [0, 0.05) is 12.0 Å². The van der Waals surface area contributed by atoms with E-state index in [0.717, 1.165) is 12.8 Å². The number of amides is 1. The first-order valence-electron chi connectivity index (χ1n) is 7.89. The molecule has 0 aromatic heterocycles. The van der Waals surface area contributed by atoms with Crippen LogP contribution in [0.4, 0.5) is 14.4 Å². The molecule has 0 heterocycles. The Morgan fingerprint density at radius 2 is 1.36 bits per heavy atom. The van der Waals surface area contributed by atoms with E-state index in [0.29, 0.717) is 6.54 Å². The average Bonchev–Trinajstić information content (AvgIpc) is 3.12. The SMILES string of the molecule is CC(C)(C)OC(=O)OC(=O)OC(C)(C)C.O=C(O)NCC1(CO)CC1. The highest BCUT2D eigenvalue weighted by atomic mass is 16.8. The summed E-state index contributed by atoms with van der Waals surface area (Å²) in [6.07, 6.45) is -1.26. The van der Waals surface area contributed by atoms with Gasteiger partial charge < -0.3 is 29.7 Å². The van der Waals surface area contributed by atoms with Gasteiger partial charge in [0.2, 0.25) is 0 Å². The van der Waals surface area contributed by atoms with Gasteiger partial charge in [0.15, 0.2) is 0 Å². The van der Waals surface area contributed by atoms with Crippen LogP contribution in [0, 0.1) is 5.41 Å². The fourth-order valence-corrected chi connectivity index (χ4v) is 1.44. The van der Waals surface area contributed by atoms with Gasteiger partial charge in [0.05, 0.1) is 6.61 Å². The lowest BCUT2D eigenvalue weighted by Crippen LogP contribution is -2.30. The maximum Gasteiger partial charge on any atom is 0.519 e. The Hall–Kier alpha value is -2.03. The second-order valence-corrected chi connectivity index (χ2v) is 7.85. The molecule has 0 spiro atoms. The number of rotatable bonds is 3. The van der Waals surface area contributed by atoms with Crippen LogP contribution in [0.15, 0.2) is 0 Å². The van der Waals surface area contributed by atoms with Gasteiger partial charge in [-0.2, -0.15) is 0 Å². The van der Waals surface area contributed by atoms with Gasteiger partial charge in [-0.15, -0.1) is 0 Å². The van der Waals surface area contributed by atoms with E-state index < -0.39 is 29.6 Å². The Kier molecular flexibility index (Phi) is 8.17. The molecular formula is C16H29NO8. The zero-order chi connectivity index (χ0) is 19.9. The van der Waals surface area contributed by atoms with E-state index in [1.165, 1.54) is 0 Å². The summed E-state index contributed by atoms with van der Waals surface area (Å²) in [6, 6.07) is 0. The van der Waals surface area contributed by atoms with Crippen LogP contribution in [0.25, 0.3) is 0 Å². The summed E-state index contributed by atoms with van der Waals surface area (Å²) in [5.41, 5.74) is -1.50. The predicted molar refractivity (Wildman–Crippen MR) is 88.3 cm³/mol. The Morgan fingerprint density at radius 3 is 1.60 bits per heavy atom. The molecule has 0 aliphatic heterocycles. The first-order valence-corrected chi connectivity index (χ1v) is 7.89. The molecule has 146 valence electrons. The van der Waals surface area contributed by atoms with Crippen LogP contribution >= 0.6 is 0 Å². The predicted octanol–water partition coefficient (Wildman–Crippen LogP) is 2.90. The summed E-state index contributed by atoms with van der Waals surface area (Å²) in [5, 5.41) is 19.2. The van der Waals surface area contributed by atoms with E-state index in [9.17, 15) is 14.4 Å². The maximum absolute atomic E-state index is 11.0. The Labute approximate surface area is 147 Å². The summed E-state index contributed by atoms with van der Waals surface area (Å²) in [5.74, 6) is 0. The third-order valence-corrected chi connectivity index (χ3v) is 2.85. The van der Waals surface area contributed by atoms with Crippen molar-refractivity contribution in [2.24, 2.45) is 5.41 Å². The first kappa shape index (κ1) is 23.0. The van der Waals surface area contributed by atoms with Crippen molar-refractivity contribution in [3.05, 3.63) is 0 Å². The minimum Gasteiger partial charge on any atom is -0.465 e. The minimum absolute atomic E-state index is 0.0906. The number of nitrogens with one attached hydrogen (secondary N) is 1. The highest BCUT2D eigenvalue weighted by molar-refractivity contribution is 5.77. The zero-order valence-corrected chi connectivity index (χ0v) is 15.7. The average molecular weight is 363 g/mol. The van der Waals surface area contributed by atoms with Crippen LogP contribution in [0.3, 0.4) is 0 Å².